The van der Waals surface area contributed by atoms with E-state index in [2.05, 4.69) is 5.32 Å². The fraction of sp³-hybridized carbons (Fsp3) is 0.111. The topological polar surface area (TPSA) is 114 Å². The van der Waals surface area contributed by atoms with E-state index in [-0.39, 0.29) is 29.2 Å². The SMILES string of the molecule is Cc1oc(-n2cccc2)c(C#N)c1C(=O)NCc1ccccc1[N+](=O)[O-]. The lowest BCUT2D eigenvalue weighted by molar-refractivity contribution is -0.385. The summed E-state index contributed by atoms with van der Waals surface area (Å²) in [5, 5.41) is 23.1. The molecule has 0 bridgehead atoms. The van der Waals surface area contributed by atoms with Crippen molar-refractivity contribution in [3.8, 4) is 12.0 Å². The number of hydrogen-bond acceptors (Lipinski definition) is 5. The van der Waals surface area contributed by atoms with Crippen LogP contribution in [0.2, 0.25) is 0 Å². The van der Waals surface area contributed by atoms with E-state index in [1.807, 2.05) is 6.07 Å². The van der Waals surface area contributed by atoms with E-state index >= 15 is 0 Å². The van der Waals surface area contributed by atoms with Crippen molar-refractivity contribution >= 4 is 11.6 Å². The van der Waals surface area contributed by atoms with Gasteiger partial charge in [0.15, 0.2) is 0 Å². The Balaban J connectivity index is 1.88. The molecular formula is C18H14N4O4. The number of carbonyl (C=O) groups excluding carboxylic acids is 1. The molecule has 8 nitrogen and oxygen atoms in total. The molecule has 26 heavy (non-hydrogen) atoms. The van der Waals surface area contributed by atoms with Crippen LogP contribution in [-0.4, -0.2) is 15.4 Å². The molecule has 0 saturated heterocycles. The first kappa shape index (κ1) is 17.0. The third kappa shape index (κ3) is 3.06. The van der Waals surface area contributed by atoms with Crippen LogP contribution in [0.3, 0.4) is 0 Å². The first-order valence-corrected chi connectivity index (χ1v) is 7.70. The van der Waals surface area contributed by atoms with Gasteiger partial charge in [-0.25, -0.2) is 0 Å². The normalized spacial score (nSPS) is 10.3. The minimum absolute atomic E-state index is 0.0374. The van der Waals surface area contributed by atoms with Gasteiger partial charge >= 0.3 is 0 Å². The number of aryl methyl sites for hydroxylation is 1. The standard InChI is InChI=1S/C18H14N4O4/c1-12-16(14(10-19)18(26-12)21-8-4-5-9-21)17(23)20-11-13-6-2-3-7-15(13)22(24)25/h2-9H,11H2,1H3,(H,20,23). The van der Waals surface area contributed by atoms with Gasteiger partial charge in [0.05, 0.1) is 4.92 Å². The summed E-state index contributed by atoms with van der Waals surface area (Å²) < 4.78 is 7.19. The van der Waals surface area contributed by atoms with Crippen molar-refractivity contribution < 1.29 is 14.1 Å². The first-order valence-electron chi connectivity index (χ1n) is 7.70. The molecule has 2 aromatic heterocycles. The summed E-state index contributed by atoms with van der Waals surface area (Å²) in [7, 11) is 0. The van der Waals surface area contributed by atoms with Crippen LogP contribution in [0.25, 0.3) is 5.88 Å². The van der Waals surface area contributed by atoms with E-state index in [4.69, 9.17) is 4.42 Å². The summed E-state index contributed by atoms with van der Waals surface area (Å²) >= 11 is 0. The Morgan fingerprint density at radius 3 is 2.65 bits per heavy atom. The summed E-state index contributed by atoms with van der Waals surface area (Å²) in [6, 6.07) is 11.7. The van der Waals surface area contributed by atoms with Gasteiger partial charge in [0.1, 0.15) is 23.0 Å². The first-order chi connectivity index (χ1) is 12.5. The zero-order chi connectivity index (χ0) is 18.7. The zero-order valence-electron chi connectivity index (χ0n) is 13.8. The molecule has 1 aromatic carbocycles. The van der Waals surface area contributed by atoms with Gasteiger partial charge in [-0.3, -0.25) is 19.5 Å². The van der Waals surface area contributed by atoms with Gasteiger partial charge in [0.2, 0.25) is 5.88 Å². The van der Waals surface area contributed by atoms with Crippen molar-refractivity contribution in [3.05, 3.63) is 81.4 Å². The Morgan fingerprint density at radius 2 is 2.00 bits per heavy atom. The number of nitriles is 1. The lowest BCUT2D eigenvalue weighted by Crippen LogP contribution is -2.24. The molecule has 1 amide bonds. The van der Waals surface area contributed by atoms with E-state index in [0.29, 0.717) is 11.3 Å². The summed E-state index contributed by atoms with van der Waals surface area (Å²) in [5.41, 5.74) is 0.523. The summed E-state index contributed by atoms with van der Waals surface area (Å²) in [4.78, 5) is 23.1. The number of nitro groups is 1. The van der Waals surface area contributed by atoms with Gasteiger partial charge in [0, 0.05) is 30.6 Å². The molecule has 0 aliphatic heterocycles. The molecule has 0 aliphatic carbocycles. The van der Waals surface area contributed by atoms with Crippen molar-refractivity contribution in [2.24, 2.45) is 0 Å². The molecule has 8 heteroatoms. The van der Waals surface area contributed by atoms with Crippen molar-refractivity contribution in [1.29, 1.82) is 5.26 Å². The maximum absolute atomic E-state index is 12.6. The van der Waals surface area contributed by atoms with Gasteiger partial charge in [-0.2, -0.15) is 5.26 Å². The second-order valence-electron chi connectivity index (χ2n) is 5.48. The van der Waals surface area contributed by atoms with Gasteiger partial charge in [-0.1, -0.05) is 18.2 Å². The van der Waals surface area contributed by atoms with Crippen molar-refractivity contribution in [1.82, 2.24) is 9.88 Å². The molecule has 0 spiro atoms. The molecule has 0 saturated carbocycles. The number of hydrogen-bond donors (Lipinski definition) is 1. The highest BCUT2D eigenvalue weighted by Crippen LogP contribution is 2.25. The van der Waals surface area contributed by atoms with E-state index in [9.17, 15) is 20.2 Å². The van der Waals surface area contributed by atoms with Crippen LogP contribution in [0.15, 0.2) is 53.2 Å². The van der Waals surface area contributed by atoms with Crippen LogP contribution in [-0.2, 0) is 6.54 Å². The zero-order valence-corrected chi connectivity index (χ0v) is 13.8. The molecular weight excluding hydrogens is 336 g/mol. The number of amides is 1. The van der Waals surface area contributed by atoms with Gasteiger partial charge in [0.25, 0.3) is 11.6 Å². The highest BCUT2D eigenvalue weighted by atomic mass is 16.6. The third-order valence-corrected chi connectivity index (χ3v) is 3.87. The Labute approximate surface area is 148 Å². The van der Waals surface area contributed by atoms with E-state index < -0.39 is 10.8 Å². The van der Waals surface area contributed by atoms with Gasteiger partial charge in [-0.15, -0.1) is 0 Å². The van der Waals surface area contributed by atoms with Crippen molar-refractivity contribution in [3.63, 3.8) is 0 Å². The lowest BCUT2D eigenvalue weighted by atomic mass is 10.1. The smallest absolute Gasteiger partial charge is 0.274 e. The Kier molecular flexibility index (Phi) is 4.53. The fourth-order valence-electron chi connectivity index (χ4n) is 2.66. The van der Waals surface area contributed by atoms with Crippen LogP contribution in [0.1, 0.15) is 27.2 Å². The van der Waals surface area contributed by atoms with Crippen LogP contribution in [0, 0.1) is 28.4 Å². The average Bonchev–Trinajstić information content (AvgIpc) is 3.27. The Morgan fingerprint density at radius 1 is 1.31 bits per heavy atom. The van der Waals surface area contributed by atoms with E-state index in [1.165, 1.54) is 6.07 Å². The lowest BCUT2D eigenvalue weighted by Gasteiger charge is -2.06. The summed E-state index contributed by atoms with van der Waals surface area (Å²) in [6.45, 7) is 1.55. The third-order valence-electron chi connectivity index (χ3n) is 3.87. The summed E-state index contributed by atoms with van der Waals surface area (Å²) in [6.07, 6.45) is 3.41. The van der Waals surface area contributed by atoms with Crippen LogP contribution < -0.4 is 5.32 Å². The van der Waals surface area contributed by atoms with E-state index in [0.717, 1.165) is 0 Å². The molecule has 3 aromatic rings. The fourth-order valence-corrected chi connectivity index (χ4v) is 2.66. The van der Waals surface area contributed by atoms with Crippen LogP contribution in [0.5, 0.6) is 0 Å². The number of furan rings is 1. The minimum Gasteiger partial charge on any atom is -0.443 e. The van der Waals surface area contributed by atoms with Crippen molar-refractivity contribution in [2.75, 3.05) is 0 Å². The highest BCUT2D eigenvalue weighted by Gasteiger charge is 2.25. The molecule has 1 N–H and O–H groups in total. The number of benzene rings is 1. The summed E-state index contributed by atoms with van der Waals surface area (Å²) in [5.74, 6) is 0.0236. The number of nitro benzene ring substituents is 1. The number of carbonyl (C=O) groups is 1. The Hall–Kier alpha value is -3.86. The molecule has 130 valence electrons. The number of aromatic nitrogens is 1. The molecule has 0 radical (unpaired) electrons. The maximum atomic E-state index is 12.6. The van der Waals surface area contributed by atoms with Crippen LogP contribution >= 0.6 is 0 Å². The number of nitrogens with one attached hydrogen (secondary N) is 1. The quantitative estimate of drug-likeness (QED) is 0.561. The predicted molar refractivity (Wildman–Crippen MR) is 91.8 cm³/mol. The molecule has 0 unspecified atom stereocenters. The molecule has 0 atom stereocenters. The largest absolute Gasteiger partial charge is 0.443 e. The van der Waals surface area contributed by atoms with Crippen LogP contribution in [0.4, 0.5) is 5.69 Å². The number of para-hydroxylation sites is 1. The number of rotatable bonds is 5. The second kappa shape index (κ2) is 6.94. The molecule has 0 fully saturated rings. The van der Waals surface area contributed by atoms with E-state index in [1.54, 1.807) is 54.2 Å². The molecule has 2 heterocycles. The van der Waals surface area contributed by atoms with Crippen molar-refractivity contribution in [2.45, 2.75) is 13.5 Å². The monoisotopic (exact) mass is 350 g/mol. The average molecular weight is 350 g/mol. The minimum atomic E-state index is -0.528. The highest BCUT2D eigenvalue weighted by molar-refractivity contribution is 5.98. The van der Waals surface area contributed by atoms with Gasteiger partial charge in [-0.05, 0) is 19.1 Å². The number of nitrogens with zero attached hydrogens (tertiary/aromatic N) is 3. The molecule has 0 aliphatic rings. The maximum Gasteiger partial charge on any atom is 0.274 e. The molecule has 3 rings (SSSR count). The Bertz CT molecular complexity index is 1010. The predicted octanol–water partition coefficient (Wildman–Crippen LogP) is 3.09. The van der Waals surface area contributed by atoms with Gasteiger partial charge < -0.3 is 9.73 Å². The second-order valence-corrected chi connectivity index (χ2v) is 5.48.